The molecule has 2 atom stereocenters. The third-order valence-corrected chi connectivity index (χ3v) is 20.6. The van der Waals surface area contributed by atoms with Crippen LogP contribution in [0, 0.1) is 0 Å². The Morgan fingerprint density at radius 3 is 1.72 bits per heavy atom. The van der Waals surface area contributed by atoms with Crippen LogP contribution in [0.4, 0.5) is 37.7 Å². The zero-order valence-corrected chi connectivity index (χ0v) is 57.3. The molecule has 0 bridgehead atoms. The molecule has 0 aliphatic carbocycles. The highest BCUT2D eigenvalue weighted by Crippen LogP contribution is 2.53. The summed E-state index contributed by atoms with van der Waals surface area (Å²) in [4.78, 5) is 48.1. The maximum atomic E-state index is 15.0. The number of halogens is 6. The molecule has 530 valence electrons. The van der Waals surface area contributed by atoms with E-state index in [-0.39, 0.29) is 114 Å². The Kier molecular flexibility index (Phi) is 34.1. The van der Waals surface area contributed by atoms with Gasteiger partial charge in [-0.05, 0) is 120 Å². The summed E-state index contributed by atoms with van der Waals surface area (Å²) < 4.78 is 181. The van der Waals surface area contributed by atoms with E-state index in [0.717, 1.165) is 48.3 Å². The zero-order valence-electron chi connectivity index (χ0n) is 53.9. The summed E-state index contributed by atoms with van der Waals surface area (Å²) >= 11 is 0.819. The monoisotopic (exact) mass is 1420 g/mol. The number of ether oxygens (including phenoxy) is 2. The first-order valence-electron chi connectivity index (χ1n) is 31.0. The summed E-state index contributed by atoms with van der Waals surface area (Å²) in [5.74, 6) is -5.14. The van der Waals surface area contributed by atoms with Crippen LogP contribution in [-0.2, 0) is 86.2 Å². The van der Waals surface area contributed by atoms with Gasteiger partial charge in [-0.3, -0.25) is 37.9 Å². The molecule has 2 aromatic carbocycles. The van der Waals surface area contributed by atoms with E-state index < -0.39 is 72.0 Å². The summed E-state index contributed by atoms with van der Waals surface area (Å²) in [6.45, 7) is 8.07. The lowest BCUT2D eigenvalue weighted by molar-refractivity contribution is -0.777. The number of anilines is 1. The minimum atomic E-state index is -5.06. The van der Waals surface area contributed by atoms with Crippen molar-refractivity contribution in [1.29, 1.82) is 0 Å². The Hall–Kier alpha value is -5.01. The molecule has 2 aliphatic rings. The van der Waals surface area contributed by atoms with Gasteiger partial charge in [0.25, 0.3) is 10.1 Å². The smallest absolute Gasteiger partial charge is 0.471 e. The predicted octanol–water partition coefficient (Wildman–Crippen LogP) is 9.85. The highest BCUT2D eigenvalue weighted by molar-refractivity contribution is 7.94. The first kappa shape index (κ1) is 81.4. The normalized spacial score (nSPS) is 16.4. The molecular formula is C61H89F6N5O18P2S2. The SMILES string of the molecule is CNC(=O)CCC(=O)OCCCCCCOP(=O)(OCCCCNC(=O)C(F)(F)F)c1ccc2c(c1)C(C)(C)C(/C=C/C=C/C=C1\N(CCCS(=O)(=O)O)c3ccc(P(=O)(OCCCCCCOC)OCCCCNC(=O)C(F)(F)F)cc3C1(C)C)=[N+]2CCCSOO[O-]. The first-order chi connectivity index (χ1) is 44.4. The second-order valence-electron chi connectivity index (χ2n) is 23.1. The predicted molar refractivity (Wildman–Crippen MR) is 341 cm³/mol. The molecule has 2 unspecified atom stereocenters. The summed E-state index contributed by atoms with van der Waals surface area (Å²) in [6, 6.07) is 10.1. The number of nitrogens with zero attached hydrogens (tertiary/aromatic N) is 2. The van der Waals surface area contributed by atoms with Crippen LogP contribution in [0.2, 0.25) is 0 Å². The van der Waals surface area contributed by atoms with E-state index >= 15 is 0 Å². The van der Waals surface area contributed by atoms with Gasteiger partial charge in [0.05, 0.1) is 61.2 Å². The zero-order chi connectivity index (χ0) is 69.6. The van der Waals surface area contributed by atoms with Gasteiger partial charge in [0.2, 0.25) is 11.6 Å². The Bertz CT molecular complexity index is 3150. The second-order valence-corrected chi connectivity index (χ2v) is 29.5. The minimum absolute atomic E-state index is 0.00698. The van der Waals surface area contributed by atoms with Crippen molar-refractivity contribution in [3.05, 3.63) is 83.6 Å². The summed E-state index contributed by atoms with van der Waals surface area (Å²) in [6.07, 6.45) is 4.94. The molecule has 2 aliphatic heterocycles. The van der Waals surface area contributed by atoms with Gasteiger partial charge in [0.1, 0.15) is 6.54 Å². The van der Waals surface area contributed by atoms with E-state index in [2.05, 4.69) is 19.3 Å². The third kappa shape index (κ3) is 26.4. The lowest BCUT2D eigenvalue weighted by Crippen LogP contribution is -2.37. The molecule has 0 radical (unpaired) electrons. The molecule has 4 rings (SSSR count). The molecule has 3 amide bonds. The van der Waals surface area contributed by atoms with Gasteiger partial charge in [0.15, 0.2) is 5.71 Å². The fourth-order valence-electron chi connectivity index (χ4n) is 10.3. The molecule has 0 spiro atoms. The number of hydrogen-bond acceptors (Lipinski definition) is 19. The summed E-state index contributed by atoms with van der Waals surface area (Å²) in [5.41, 5.74) is 2.62. The molecule has 23 nitrogen and oxygen atoms in total. The fourth-order valence-corrected chi connectivity index (χ4v) is 14.4. The van der Waals surface area contributed by atoms with Crippen LogP contribution in [0.1, 0.15) is 142 Å². The number of amides is 3. The van der Waals surface area contributed by atoms with Crippen molar-refractivity contribution < 1.29 is 114 Å². The molecular weight excluding hydrogens is 1330 g/mol. The van der Waals surface area contributed by atoms with E-state index in [1.165, 1.54) is 7.05 Å². The molecule has 94 heavy (non-hydrogen) atoms. The van der Waals surface area contributed by atoms with Crippen LogP contribution >= 0.6 is 27.2 Å². The van der Waals surface area contributed by atoms with Crippen molar-refractivity contribution in [1.82, 2.24) is 16.0 Å². The second kappa shape index (κ2) is 39.4. The van der Waals surface area contributed by atoms with Crippen LogP contribution in [0.3, 0.4) is 0 Å². The van der Waals surface area contributed by atoms with Gasteiger partial charge >= 0.3 is 45.3 Å². The maximum Gasteiger partial charge on any atom is 0.471 e. The van der Waals surface area contributed by atoms with Gasteiger partial charge in [-0.1, -0.05) is 51.3 Å². The summed E-state index contributed by atoms with van der Waals surface area (Å²) in [5, 5.41) is 20.6. The lowest BCUT2D eigenvalue weighted by atomic mass is 9.81. The molecule has 33 heteroatoms. The molecule has 4 N–H and O–H groups in total. The number of rotatable bonds is 46. The highest BCUT2D eigenvalue weighted by atomic mass is 32.2. The van der Waals surface area contributed by atoms with Gasteiger partial charge < -0.3 is 53.7 Å². The van der Waals surface area contributed by atoms with E-state index in [1.54, 1.807) is 55.7 Å². The van der Waals surface area contributed by atoms with Crippen LogP contribution in [-0.4, -0.2) is 151 Å². The van der Waals surface area contributed by atoms with E-state index in [4.69, 9.17) is 27.6 Å². The van der Waals surface area contributed by atoms with Crippen molar-refractivity contribution in [2.45, 2.75) is 154 Å². The number of carbonyl (C=O) groups excluding carboxylic acids is 4. The largest absolute Gasteiger partial charge is 0.691 e. The Morgan fingerprint density at radius 1 is 0.681 bits per heavy atom. The maximum absolute atomic E-state index is 15.0. The van der Waals surface area contributed by atoms with Gasteiger partial charge in [-0.25, -0.2) is 0 Å². The molecule has 2 aromatic rings. The Balaban J connectivity index is 1.65. The third-order valence-electron chi connectivity index (χ3n) is 15.2. The lowest BCUT2D eigenvalue weighted by Gasteiger charge is -2.27. The molecule has 0 saturated carbocycles. The number of methoxy groups -OCH3 is 1. The average molecular weight is 1420 g/mol. The van der Waals surface area contributed by atoms with Crippen molar-refractivity contribution in [3.8, 4) is 0 Å². The number of hydrogen-bond donors (Lipinski definition) is 4. The van der Waals surface area contributed by atoms with Crippen molar-refractivity contribution in [2.75, 3.05) is 96.4 Å². The van der Waals surface area contributed by atoms with Crippen molar-refractivity contribution in [3.63, 3.8) is 0 Å². The number of carbonyl (C=O) groups is 4. The number of fused-ring (bicyclic) bond motifs is 2. The molecule has 0 saturated heterocycles. The average Bonchev–Trinajstić information content (AvgIpc) is 1.59. The van der Waals surface area contributed by atoms with Crippen molar-refractivity contribution >= 4 is 88.7 Å². The Labute approximate surface area is 550 Å². The quantitative estimate of drug-likeness (QED) is 0.00458. The number of nitrogens with one attached hydrogen (secondary N) is 3. The molecule has 0 aromatic heterocycles. The molecule has 2 heterocycles. The van der Waals surface area contributed by atoms with Crippen LogP contribution in [0.25, 0.3) is 0 Å². The van der Waals surface area contributed by atoms with Crippen LogP contribution in [0.15, 0.2) is 72.5 Å². The number of unbranched alkanes of at least 4 members (excludes halogenated alkanes) is 8. The minimum Gasteiger partial charge on any atom is -0.691 e. The first-order valence-corrected chi connectivity index (χ1v) is 36.6. The number of alkyl halides is 6. The van der Waals surface area contributed by atoms with E-state index in [1.807, 2.05) is 61.5 Å². The van der Waals surface area contributed by atoms with Gasteiger partial charge in [-0.2, -0.15) is 43.7 Å². The summed E-state index contributed by atoms with van der Waals surface area (Å²) in [7, 11) is -9.55. The standard InChI is InChI=1S/C61H89F6N5O18P2S2/c1-58(2)48-44-46(91(78,87-40-20-14-32-69-56(75)60(62,63)64)86-39-19-10-8-17-37-84-55(74)31-30-54(73)68-5)26-28-50(48)71(34-22-42-93-90-89-77)52(58)24-12-11-13-25-53-59(3,4)49-45-47(27-29-51(49)72(53)35-23-43-94(80,81)82)92(79,85-38-18-9-7-16-36-83-6)88-41-21-15-33-70-57(76)61(65,66)67/h11-13,24-29,44-45H,7-10,14-23,30-43H2,1-6H3,(H4-,68,69,70,73,75,76,77,80,81,82). The van der Waals surface area contributed by atoms with E-state index in [9.17, 15) is 72.9 Å². The van der Waals surface area contributed by atoms with E-state index in [0.29, 0.717) is 74.4 Å². The topological polar surface area (TPSA) is 296 Å². The number of esters is 1. The number of benzene rings is 2. The van der Waals surface area contributed by atoms with Crippen molar-refractivity contribution in [2.24, 2.45) is 0 Å². The van der Waals surface area contributed by atoms with Gasteiger partial charge in [-0.15, -0.1) is 0 Å². The van der Waals surface area contributed by atoms with Gasteiger partial charge in [0, 0.05) is 106 Å². The number of allylic oxidation sites excluding steroid dienone is 6. The van der Waals surface area contributed by atoms with Crippen LogP contribution in [0.5, 0.6) is 0 Å². The molecule has 0 fully saturated rings. The van der Waals surface area contributed by atoms with Crippen LogP contribution < -0.4 is 36.7 Å². The Morgan fingerprint density at radius 2 is 1.20 bits per heavy atom. The fraction of sp³-hybridized carbons (Fsp3) is 0.623. The highest BCUT2D eigenvalue weighted by Gasteiger charge is 2.47.